The van der Waals surface area contributed by atoms with E-state index < -0.39 is 6.10 Å². The lowest BCUT2D eigenvalue weighted by atomic mass is 9.92. The average molecular weight is 533 g/mol. The smallest absolute Gasteiger partial charge is 0.191 e. The van der Waals surface area contributed by atoms with Crippen LogP contribution in [0.2, 0.25) is 0 Å². The molecular weight excluding hydrogens is 501 g/mol. The minimum Gasteiger partial charge on any atom is -0.493 e. The van der Waals surface area contributed by atoms with Crippen LogP contribution in [0, 0.1) is 0 Å². The zero-order chi connectivity index (χ0) is 20.6. The van der Waals surface area contributed by atoms with Gasteiger partial charge in [-0.05, 0) is 36.1 Å². The largest absolute Gasteiger partial charge is 0.493 e. The highest BCUT2D eigenvalue weighted by Gasteiger charge is 2.21. The van der Waals surface area contributed by atoms with Crippen LogP contribution in [-0.4, -0.2) is 44.9 Å². The normalized spacial score (nSPS) is 12.7. The molecule has 1 atom stereocenters. The van der Waals surface area contributed by atoms with Gasteiger partial charge in [-0.1, -0.05) is 26.0 Å². The molecule has 8 heteroatoms. The average Bonchev–Trinajstić information content (AvgIpc) is 3.25. The first-order chi connectivity index (χ1) is 13.4. The Morgan fingerprint density at radius 2 is 1.90 bits per heavy atom. The number of hydrogen-bond donors (Lipinski definition) is 3. The molecule has 0 radical (unpaired) electrons. The van der Waals surface area contributed by atoms with Crippen LogP contribution in [-0.2, 0) is 5.41 Å². The predicted molar refractivity (Wildman–Crippen MR) is 131 cm³/mol. The number of aliphatic imine (C=N–C) groups is 1. The van der Waals surface area contributed by atoms with Gasteiger partial charge in [-0.15, -0.1) is 35.3 Å². The Hall–Kier alpha value is -1.52. The van der Waals surface area contributed by atoms with Crippen molar-refractivity contribution in [3.63, 3.8) is 0 Å². The van der Waals surface area contributed by atoms with Gasteiger partial charge in [-0.3, -0.25) is 4.99 Å². The van der Waals surface area contributed by atoms with Gasteiger partial charge in [-0.25, -0.2) is 0 Å². The van der Waals surface area contributed by atoms with Crippen molar-refractivity contribution < 1.29 is 14.6 Å². The number of nitrogens with zero attached hydrogens (tertiary/aromatic N) is 1. The molecule has 0 fully saturated rings. The van der Waals surface area contributed by atoms with Crippen LogP contribution < -0.4 is 20.1 Å². The van der Waals surface area contributed by atoms with Crippen LogP contribution in [0.5, 0.6) is 11.5 Å². The molecule has 2 rings (SSSR count). The van der Waals surface area contributed by atoms with Gasteiger partial charge >= 0.3 is 0 Å². The second-order valence-electron chi connectivity index (χ2n) is 7.07. The molecule has 0 spiro atoms. The Kier molecular flexibility index (Phi) is 10.8. The first kappa shape index (κ1) is 25.5. The Morgan fingerprint density at radius 1 is 1.17 bits per heavy atom. The number of guanidine groups is 1. The molecule has 0 saturated heterocycles. The van der Waals surface area contributed by atoms with E-state index in [4.69, 9.17) is 14.5 Å². The highest BCUT2D eigenvalue weighted by Crippen LogP contribution is 2.30. The molecule has 0 aliphatic heterocycles. The quantitative estimate of drug-likeness (QED) is 0.259. The van der Waals surface area contributed by atoms with E-state index in [1.54, 1.807) is 37.7 Å². The van der Waals surface area contributed by atoms with Gasteiger partial charge in [0.2, 0.25) is 0 Å². The summed E-state index contributed by atoms with van der Waals surface area (Å²) in [4.78, 5) is 6.02. The molecule has 29 heavy (non-hydrogen) atoms. The fourth-order valence-electron chi connectivity index (χ4n) is 2.73. The second kappa shape index (κ2) is 12.2. The zero-order valence-corrected chi connectivity index (χ0v) is 20.8. The number of rotatable bonds is 9. The molecule has 1 aromatic heterocycles. The Morgan fingerprint density at radius 3 is 2.48 bits per heavy atom. The van der Waals surface area contributed by atoms with Gasteiger partial charge in [-0.2, -0.15) is 0 Å². The number of methoxy groups -OCH3 is 2. The molecule has 1 heterocycles. The zero-order valence-electron chi connectivity index (χ0n) is 17.7. The molecular formula is C21H32IN3O3S. The number of aliphatic hydroxyl groups excluding tert-OH is 1. The lowest BCUT2D eigenvalue weighted by Crippen LogP contribution is -2.40. The van der Waals surface area contributed by atoms with Crippen LogP contribution in [0.3, 0.4) is 0 Å². The lowest BCUT2D eigenvalue weighted by molar-refractivity contribution is 0.180. The fraction of sp³-hybridized carbons (Fsp3) is 0.476. The number of nitrogens with one attached hydrogen (secondary N) is 2. The Balaban J connectivity index is 0.00000420. The van der Waals surface area contributed by atoms with E-state index in [0.29, 0.717) is 30.5 Å². The van der Waals surface area contributed by atoms with Crippen molar-refractivity contribution in [1.29, 1.82) is 0 Å². The van der Waals surface area contributed by atoms with Crippen LogP contribution in [0.25, 0.3) is 0 Å². The summed E-state index contributed by atoms with van der Waals surface area (Å²) >= 11 is 1.74. The van der Waals surface area contributed by atoms with Crippen molar-refractivity contribution in [1.82, 2.24) is 10.6 Å². The number of aliphatic hydroxyl groups is 1. The number of benzene rings is 1. The van der Waals surface area contributed by atoms with Crippen molar-refractivity contribution in [2.24, 2.45) is 4.99 Å². The molecule has 6 nitrogen and oxygen atoms in total. The van der Waals surface area contributed by atoms with Crippen molar-refractivity contribution in [3.05, 3.63) is 46.2 Å². The maximum Gasteiger partial charge on any atom is 0.191 e. The topological polar surface area (TPSA) is 75.1 Å². The van der Waals surface area contributed by atoms with E-state index in [2.05, 4.69) is 42.0 Å². The Labute approximate surface area is 194 Å². The van der Waals surface area contributed by atoms with Gasteiger partial charge < -0.3 is 25.2 Å². The monoisotopic (exact) mass is 533 g/mol. The van der Waals surface area contributed by atoms with E-state index in [1.807, 2.05) is 13.0 Å². The third kappa shape index (κ3) is 7.35. The molecule has 1 unspecified atom stereocenters. The minimum absolute atomic E-state index is 0. The maximum atomic E-state index is 10.6. The molecule has 1 aromatic carbocycles. The van der Waals surface area contributed by atoms with E-state index in [1.165, 1.54) is 4.88 Å². The van der Waals surface area contributed by atoms with Crippen molar-refractivity contribution in [3.8, 4) is 11.5 Å². The lowest BCUT2D eigenvalue weighted by Gasteiger charge is -2.22. The first-order valence-electron chi connectivity index (χ1n) is 9.37. The van der Waals surface area contributed by atoms with Crippen molar-refractivity contribution in [2.75, 3.05) is 33.9 Å². The Bertz CT molecular complexity index is 767. The molecule has 0 amide bonds. The van der Waals surface area contributed by atoms with Crippen LogP contribution >= 0.6 is 35.3 Å². The molecule has 162 valence electrons. The predicted octanol–water partition coefficient (Wildman–Crippen LogP) is 3.95. The molecule has 3 N–H and O–H groups in total. The maximum absolute atomic E-state index is 10.6. The molecule has 0 saturated carbocycles. The summed E-state index contributed by atoms with van der Waals surface area (Å²) in [7, 11) is 3.17. The van der Waals surface area contributed by atoms with E-state index >= 15 is 0 Å². The van der Waals surface area contributed by atoms with Crippen LogP contribution in [0.1, 0.15) is 37.3 Å². The highest BCUT2D eigenvalue weighted by atomic mass is 127. The summed E-state index contributed by atoms with van der Waals surface area (Å²) in [5, 5.41) is 19.1. The third-order valence-electron chi connectivity index (χ3n) is 4.42. The first-order valence-corrected chi connectivity index (χ1v) is 10.3. The number of halogens is 1. The summed E-state index contributed by atoms with van der Waals surface area (Å²) in [6.45, 7) is 8.12. The van der Waals surface area contributed by atoms with E-state index in [9.17, 15) is 5.11 Å². The highest BCUT2D eigenvalue weighted by molar-refractivity contribution is 14.0. The van der Waals surface area contributed by atoms with E-state index in [-0.39, 0.29) is 29.4 Å². The molecule has 0 aliphatic carbocycles. The van der Waals surface area contributed by atoms with Crippen LogP contribution in [0.15, 0.2) is 40.7 Å². The number of thiophene rings is 1. The second-order valence-corrected chi connectivity index (χ2v) is 8.02. The number of hydrogen-bond acceptors (Lipinski definition) is 5. The van der Waals surface area contributed by atoms with Gasteiger partial charge in [0.05, 0.1) is 26.9 Å². The third-order valence-corrected chi connectivity index (χ3v) is 5.66. The molecule has 2 aromatic rings. The summed E-state index contributed by atoms with van der Waals surface area (Å²) in [6, 6.07) is 9.61. The summed E-state index contributed by atoms with van der Waals surface area (Å²) in [6.07, 6.45) is -0.700. The summed E-state index contributed by atoms with van der Waals surface area (Å²) in [5.41, 5.74) is 0.707. The van der Waals surface area contributed by atoms with E-state index in [0.717, 1.165) is 12.1 Å². The minimum atomic E-state index is -0.700. The van der Waals surface area contributed by atoms with Crippen LogP contribution in [0.4, 0.5) is 0 Å². The SMILES string of the molecule is CCNC(=NCC(C)(C)c1cccs1)NCC(O)c1ccc(OC)c(OC)c1.I. The van der Waals surface area contributed by atoms with Crippen molar-refractivity contribution >= 4 is 41.3 Å². The van der Waals surface area contributed by atoms with Gasteiger partial charge in [0.25, 0.3) is 0 Å². The van der Waals surface area contributed by atoms with Gasteiger partial charge in [0, 0.05) is 23.4 Å². The van der Waals surface area contributed by atoms with Gasteiger partial charge in [0.15, 0.2) is 17.5 Å². The summed E-state index contributed by atoms with van der Waals surface area (Å²) < 4.78 is 10.6. The number of ether oxygens (including phenoxy) is 2. The van der Waals surface area contributed by atoms with Gasteiger partial charge in [0.1, 0.15) is 0 Å². The molecule has 0 bridgehead atoms. The van der Waals surface area contributed by atoms with Crippen molar-refractivity contribution in [2.45, 2.75) is 32.3 Å². The fourth-order valence-corrected chi connectivity index (χ4v) is 3.58. The molecule has 0 aliphatic rings. The standard InChI is InChI=1S/C21H31N3O3S.HI/c1-6-22-20(24-14-21(2,3)19-8-7-11-28-19)23-13-16(25)15-9-10-17(26-4)18(12-15)27-5;/h7-12,16,25H,6,13-14H2,1-5H3,(H2,22,23,24);1H. The summed E-state index contributed by atoms with van der Waals surface area (Å²) in [5.74, 6) is 1.92.